The number of primary amides is 1. The third kappa shape index (κ3) is 4.41. The second-order valence-corrected chi connectivity index (χ2v) is 9.26. The van der Waals surface area contributed by atoms with Gasteiger partial charge in [-0.3, -0.25) is 14.6 Å². The van der Waals surface area contributed by atoms with Gasteiger partial charge in [0.05, 0.1) is 9.13 Å². The van der Waals surface area contributed by atoms with Crippen LogP contribution in [0.2, 0.25) is 0 Å². The lowest BCUT2D eigenvalue weighted by Gasteiger charge is -2.40. The zero-order valence-corrected chi connectivity index (χ0v) is 19.1. The number of nitrogens with zero attached hydrogens (tertiary/aromatic N) is 2. The molecule has 2 aliphatic heterocycles. The van der Waals surface area contributed by atoms with Crippen molar-refractivity contribution in [2.45, 2.75) is 51.0 Å². The normalized spacial score (nSPS) is 18.8. The zero-order chi connectivity index (χ0) is 21.3. The van der Waals surface area contributed by atoms with Gasteiger partial charge in [0.25, 0.3) is 0 Å². The van der Waals surface area contributed by atoms with Gasteiger partial charge in [-0.25, -0.2) is 4.79 Å². The van der Waals surface area contributed by atoms with Gasteiger partial charge in [0.15, 0.2) is 5.58 Å². The maximum absolute atomic E-state index is 12.8. The highest BCUT2D eigenvalue weighted by Gasteiger charge is 2.28. The first-order chi connectivity index (χ1) is 14.4. The fourth-order valence-corrected chi connectivity index (χ4v) is 5.74. The molecule has 2 aromatic rings. The van der Waals surface area contributed by atoms with Crippen molar-refractivity contribution >= 4 is 45.5 Å². The molecule has 2 saturated heterocycles. The molecular weight excluding hydrogens is 499 g/mol. The Kier molecular flexibility index (Phi) is 6.47. The first kappa shape index (κ1) is 21.4. The molecule has 1 aromatic heterocycles. The molecule has 0 aliphatic carbocycles. The van der Waals surface area contributed by atoms with E-state index in [4.69, 9.17) is 10.2 Å². The van der Waals surface area contributed by atoms with Crippen LogP contribution in [-0.2, 0) is 11.2 Å². The van der Waals surface area contributed by atoms with E-state index in [0.717, 1.165) is 25.9 Å². The topological polar surface area (TPSA) is 113 Å². The summed E-state index contributed by atoms with van der Waals surface area (Å²) in [5.74, 6) is -1.07. The van der Waals surface area contributed by atoms with Gasteiger partial charge in [0.1, 0.15) is 5.52 Å². The van der Waals surface area contributed by atoms with Crippen LogP contribution in [0.3, 0.4) is 0 Å². The highest BCUT2D eigenvalue weighted by Crippen LogP contribution is 2.27. The van der Waals surface area contributed by atoms with Crippen molar-refractivity contribution in [1.29, 1.82) is 0 Å². The van der Waals surface area contributed by atoms with E-state index in [1.54, 1.807) is 6.07 Å². The second kappa shape index (κ2) is 9.09. The van der Waals surface area contributed by atoms with Gasteiger partial charge < -0.3 is 20.0 Å². The van der Waals surface area contributed by atoms with E-state index in [9.17, 15) is 14.4 Å². The molecule has 0 spiro atoms. The van der Waals surface area contributed by atoms with Gasteiger partial charge in [0, 0.05) is 25.6 Å². The molecule has 2 fully saturated rings. The van der Waals surface area contributed by atoms with Crippen LogP contribution in [0.1, 0.15) is 54.4 Å². The minimum absolute atomic E-state index is 0.0909. The minimum Gasteiger partial charge on any atom is -0.408 e. The smallest absolute Gasteiger partial charge is 0.408 e. The van der Waals surface area contributed by atoms with Crippen LogP contribution in [0.25, 0.3) is 11.1 Å². The number of aromatic amines is 1. The van der Waals surface area contributed by atoms with Crippen LogP contribution in [0.15, 0.2) is 15.3 Å². The number of piperidine rings is 2. The summed E-state index contributed by atoms with van der Waals surface area (Å²) in [6, 6.07) is 2.24. The number of oxazole rings is 1. The quantitative estimate of drug-likeness (QED) is 0.581. The van der Waals surface area contributed by atoms with Gasteiger partial charge in [0.2, 0.25) is 11.8 Å². The molecule has 3 N–H and O–H groups in total. The van der Waals surface area contributed by atoms with Gasteiger partial charge in [-0.1, -0.05) is 6.42 Å². The summed E-state index contributed by atoms with van der Waals surface area (Å²) in [6.07, 6.45) is 6.62. The first-order valence-electron chi connectivity index (χ1n) is 10.6. The Morgan fingerprint density at radius 2 is 1.87 bits per heavy atom. The predicted molar refractivity (Wildman–Crippen MR) is 121 cm³/mol. The fraction of sp³-hybridized carbons (Fsp3) is 0.571. The molecule has 0 unspecified atom stereocenters. The van der Waals surface area contributed by atoms with Crippen LogP contribution in [0.4, 0.5) is 0 Å². The van der Waals surface area contributed by atoms with Gasteiger partial charge in [-0.2, -0.15) is 0 Å². The Morgan fingerprint density at radius 1 is 1.17 bits per heavy atom. The minimum atomic E-state index is -0.580. The number of carbonyl (C=O) groups excluding carboxylic acids is 2. The molecule has 3 heterocycles. The average Bonchev–Trinajstić information content (AvgIpc) is 3.13. The Morgan fingerprint density at radius 3 is 2.53 bits per heavy atom. The summed E-state index contributed by atoms with van der Waals surface area (Å²) in [7, 11) is 0. The molecule has 4 rings (SSSR count). The molecule has 0 atom stereocenters. The molecule has 0 bridgehead atoms. The van der Waals surface area contributed by atoms with Crippen molar-refractivity contribution in [3.8, 4) is 0 Å². The summed E-state index contributed by atoms with van der Waals surface area (Å²) in [5, 5.41) is 0. The molecule has 9 heteroatoms. The Bertz CT molecular complexity index is 1000. The highest BCUT2D eigenvalue weighted by atomic mass is 127. The van der Waals surface area contributed by atoms with Crippen LogP contribution < -0.4 is 11.5 Å². The van der Waals surface area contributed by atoms with Gasteiger partial charge in [-0.15, -0.1) is 0 Å². The van der Waals surface area contributed by atoms with Crippen molar-refractivity contribution in [2.24, 2.45) is 5.73 Å². The number of hydrogen-bond acceptors (Lipinski definition) is 5. The molecule has 0 saturated carbocycles. The summed E-state index contributed by atoms with van der Waals surface area (Å²) in [5.41, 5.74) is 7.40. The maximum atomic E-state index is 12.8. The molecule has 162 valence electrons. The second-order valence-electron chi connectivity index (χ2n) is 8.19. The first-order valence-corrected chi connectivity index (χ1v) is 11.7. The molecule has 8 nitrogen and oxygen atoms in total. The van der Waals surface area contributed by atoms with E-state index >= 15 is 0 Å². The van der Waals surface area contributed by atoms with Crippen LogP contribution in [0.5, 0.6) is 0 Å². The number of carbonyl (C=O) groups is 2. The average molecular weight is 526 g/mol. The largest absolute Gasteiger partial charge is 0.417 e. The maximum Gasteiger partial charge on any atom is 0.417 e. The monoisotopic (exact) mass is 526 g/mol. The molecular formula is C21H27IN4O4. The lowest BCUT2D eigenvalue weighted by atomic mass is 9.98. The van der Waals surface area contributed by atoms with E-state index in [1.165, 1.54) is 32.4 Å². The lowest BCUT2D eigenvalue weighted by Crippen LogP contribution is -2.48. The fourth-order valence-electron chi connectivity index (χ4n) is 4.73. The van der Waals surface area contributed by atoms with Crippen molar-refractivity contribution in [1.82, 2.24) is 14.8 Å². The van der Waals surface area contributed by atoms with Crippen LogP contribution >= 0.6 is 22.6 Å². The standard InChI is InChI=1S/C21H27IN4O4/c22-18-17(20(23)28)13(12-15-19(18)24-21(29)30-15)4-5-16(27)26-10-6-14(7-11-26)25-8-2-1-3-9-25/h12,14H,1-11H2,(H2,23,28)(H,24,29). The molecule has 2 aliphatic rings. The van der Waals surface area contributed by atoms with Crippen molar-refractivity contribution in [3.63, 3.8) is 0 Å². The van der Waals surface area contributed by atoms with Crippen molar-refractivity contribution in [2.75, 3.05) is 26.2 Å². The van der Waals surface area contributed by atoms with E-state index in [-0.39, 0.29) is 5.91 Å². The van der Waals surface area contributed by atoms with Crippen LogP contribution in [0, 0.1) is 3.57 Å². The molecule has 30 heavy (non-hydrogen) atoms. The number of nitrogens with two attached hydrogens (primary N) is 1. The van der Waals surface area contributed by atoms with Crippen molar-refractivity contribution < 1.29 is 14.0 Å². The SMILES string of the molecule is NC(=O)c1c(CCC(=O)N2CCC(N3CCCCC3)CC2)cc2oc(=O)[nH]c2c1I. The summed E-state index contributed by atoms with van der Waals surface area (Å²) in [6.45, 7) is 3.94. The number of hydrogen-bond donors (Lipinski definition) is 2. The van der Waals surface area contributed by atoms with E-state index in [2.05, 4.69) is 9.88 Å². The van der Waals surface area contributed by atoms with Crippen molar-refractivity contribution in [3.05, 3.63) is 31.3 Å². The Hall–Kier alpha value is -1.88. The number of rotatable bonds is 5. The third-order valence-corrected chi connectivity index (χ3v) is 7.40. The number of likely N-dealkylation sites (tertiary alicyclic amines) is 2. The number of benzene rings is 1. The van der Waals surface area contributed by atoms with E-state index in [1.807, 2.05) is 27.5 Å². The number of halogens is 1. The number of fused-ring (bicyclic) bond motifs is 1. The predicted octanol–water partition coefficient (Wildman–Crippen LogP) is 2.23. The van der Waals surface area contributed by atoms with Gasteiger partial charge >= 0.3 is 5.76 Å². The summed E-state index contributed by atoms with van der Waals surface area (Å²) < 4.78 is 5.70. The molecule has 0 radical (unpaired) electrons. The highest BCUT2D eigenvalue weighted by molar-refractivity contribution is 14.1. The van der Waals surface area contributed by atoms with Crippen LogP contribution in [-0.4, -0.2) is 58.8 Å². The number of amides is 2. The number of nitrogens with one attached hydrogen (secondary N) is 1. The lowest BCUT2D eigenvalue weighted by molar-refractivity contribution is -0.132. The molecule has 2 amide bonds. The zero-order valence-electron chi connectivity index (χ0n) is 16.9. The number of H-pyrrole nitrogens is 1. The molecule has 1 aromatic carbocycles. The summed E-state index contributed by atoms with van der Waals surface area (Å²) in [4.78, 5) is 43.5. The third-order valence-electron chi connectivity index (χ3n) is 6.32. The summed E-state index contributed by atoms with van der Waals surface area (Å²) >= 11 is 1.99. The number of aromatic nitrogens is 1. The Labute approximate surface area is 188 Å². The Balaban J connectivity index is 1.40. The van der Waals surface area contributed by atoms with Gasteiger partial charge in [-0.05, 0) is 79.4 Å². The van der Waals surface area contributed by atoms with E-state index in [0.29, 0.717) is 44.7 Å². The number of aryl methyl sites for hydroxylation is 1. The van der Waals surface area contributed by atoms with E-state index < -0.39 is 11.7 Å².